The van der Waals surface area contributed by atoms with E-state index in [1.54, 1.807) is 36.4 Å². The topological polar surface area (TPSA) is 58.6 Å². The van der Waals surface area contributed by atoms with Crippen molar-refractivity contribution in [1.82, 2.24) is 0 Å². The van der Waals surface area contributed by atoms with Crippen LogP contribution in [0.1, 0.15) is 12.0 Å². The van der Waals surface area contributed by atoms with E-state index in [4.69, 9.17) is 4.74 Å². The van der Waals surface area contributed by atoms with E-state index in [1.807, 2.05) is 31.2 Å². The standard InChI is InChI=1S/C24H21FN2O3/c1-16-4-2-3-5-22(16)30-21-12-8-19(9-13-21)26-24(29)17-14-23(28)27(15-17)20-10-6-18(25)7-11-20/h2-13,17H,14-15H2,1H3,(H,26,29)/t17-/m1/s1. The van der Waals surface area contributed by atoms with Gasteiger partial charge in [-0.1, -0.05) is 18.2 Å². The first-order valence-electron chi connectivity index (χ1n) is 9.70. The van der Waals surface area contributed by atoms with Gasteiger partial charge in [0, 0.05) is 24.3 Å². The predicted octanol–water partition coefficient (Wildman–Crippen LogP) is 4.92. The minimum atomic E-state index is -0.467. The molecule has 3 aromatic rings. The first kappa shape index (κ1) is 19.6. The van der Waals surface area contributed by atoms with Gasteiger partial charge >= 0.3 is 0 Å². The maximum atomic E-state index is 13.1. The van der Waals surface area contributed by atoms with E-state index in [0.717, 1.165) is 11.3 Å². The van der Waals surface area contributed by atoms with Crippen molar-refractivity contribution in [2.75, 3.05) is 16.8 Å². The molecule has 152 valence electrons. The molecule has 6 heteroatoms. The summed E-state index contributed by atoms with van der Waals surface area (Å²) < 4.78 is 19.0. The average molecular weight is 404 g/mol. The zero-order valence-corrected chi connectivity index (χ0v) is 16.5. The van der Waals surface area contributed by atoms with Crippen molar-refractivity contribution in [3.63, 3.8) is 0 Å². The molecule has 0 saturated carbocycles. The van der Waals surface area contributed by atoms with Gasteiger partial charge in [-0.3, -0.25) is 9.59 Å². The van der Waals surface area contributed by atoms with E-state index in [9.17, 15) is 14.0 Å². The van der Waals surface area contributed by atoms with Gasteiger partial charge in [0.15, 0.2) is 0 Å². The van der Waals surface area contributed by atoms with Gasteiger partial charge in [0.1, 0.15) is 17.3 Å². The third kappa shape index (κ3) is 4.33. The molecule has 4 rings (SSSR count). The lowest BCUT2D eigenvalue weighted by molar-refractivity contribution is -0.122. The van der Waals surface area contributed by atoms with Crippen molar-refractivity contribution in [3.05, 3.63) is 84.2 Å². The number of amides is 2. The van der Waals surface area contributed by atoms with Crippen LogP contribution < -0.4 is 15.0 Å². The van der Waals surface area contributed by atoms with Gasteiger partial charge in [0.2, 0.25) is 11.8 Å². The highest BCUT2D eigenvalue weighted by molar-refractivity contribution is 6.03. The van der Waals surface area contributed by atoms with Crippen molar-refractivity contribution >= 4 is 23.2 Å². The normalized spacial score (nSPS) is 15.9. The Balaban J connectivity index is 1.37. The molecule has 1 aliphatic heterocycles. The third-order valence-corrected chi connectivity index (χ3v) is 5.08. The fourth-order valence-corrected chi connectivity index (χ4v) is 3.40. The van der Waals surface area contributed by atoms with Crippen LogP contribution in [0.4, 0.5) is 15.8 Å². The summed E-state index contributed by atoms with van der Waals surface area (Å²) in [4.78, 5) is 26.5. The van der Waals surface area contributed by atoms with Crippen molar-refractivity contribution in [3.8, 4) is 11.5 Å². The molecule has 2 amide bonds. The fourth-order valence-electron chi connectivity index (χ4n) is 3.40. The molecule has 1 aliphatic rings. The van der Waals surface area contributed by atoms with Crippen LogP contribution in [0.15, 0.2) is 72.8 Å². The highest BCUT2D eigenvalue weighted by Gasteiger charge is 2.35. The fraction of sp³-hybridized carbons (Fsp3) is 0.167. The Kier molecular flexibility index (Phi) is 5.48. The third-order valence-electron chi connectivity index (χ3n) is 5.08. The number of carbonyl (C=O) groups excluding carboxylic acids is 2. The molecule has 5 nitrogen and oxygen atoms in total. The van der Waals surface area contributed by atoms with Crippen molar-refractivity contribution in [1.29, 1.82) is 0 Å². The number of para-hydroxylation sites is 1. The Morgan fingerprint density at radius 1 is 1.03 bits per heavy atom. The largest absolute Gasteiger partial charge is 0.457 e. The molecule has 1 heterocycles. The summed E-state index contributed by atoms with van der Waals surface area (Å²) in [6.45, 7) is 2.24. The van der Waals surface area contributed by atoms with Crippen LogP contribution in [0.3, 0.4) is 0 Å². The van der Waals surface area contributed by atoms with Gasteiger partial charge in [-0.15, -0.1) is 0 Å². The Morgan fingerprint density at radius 2 is 1.73 bits per heavy atom. The predicted molar refractivity (Wildman–Crippen MR) is 113 cm³/mol. The first-order valence-corrected chi connectivity index (χ1v) is 9.70. The number of aryl methyl sites for hydroxylation is 1. The summed E-state index contributed by atoms with van der Waals surface area (Å²) in [6.07, 6.45) is 0.123. The van der Waals surface area contributed by atoms with E-state index < -0.39 is 5.92 Å². The summed E-state index contributed by atoms with van der Waals surface area (Å²) in [5.41, 5.74) is 2.26. The number of nitrogens with one attached hydrogen (secondary N) is 1. The minimum Gasteiger partial charge on any atom is -0.457 e. The van der Waals surface area contributed by atoms with Gasteiger partial charge in [-0.2, -0.15) is 0 Å². The van der Waals surface area contributed by atoms with Gasteiger partial charge < -0.3 is 15.0 Å². The lowest BCUT2D eigenvalue weighted by Crippen LogP contribution is -2.28. The molecular weight excluding hydrogens is 383 g/mol. The smallest absolute Gasteiger partial charge is 0.229 e. The lowest BCUT2D eigenvalue weighted by atomic mass is 10.1. The van der Waals surface area contributed by atoms with E-state index in [-0.39, 0.29) is 30.6 Å². The van der Waals surface area contributed by atoms with E-state index >= 15 is 0 Å². The molecular formula is C24H21FN2O3. The van der Waals surface area contributed by atoms with Gasteiger partial charge in [0.25, 0.3) is 0 Å². The van der Waals surface area contributed by atoms with Crippen molar-refractivity contribution < 1.29 is 18.7 Å². The molecule has 0 spiro atoms. The maximum absolute atomic E-state index is 13.1. The molecule has 0 aliphatic carbocycles. The Hall–Kier alpha value is -3.67. The second-order valence-electron chi connectivity index (χ2n) is 7.26. The molecule has 1 fully saturated rings. The highest BCUT2D eigenvalue weighted by Crippen LogP contribution is 2.28. The molecule has 0 aromatic heterocycles. The second kappa shape index (κ2) is 8.37. The molecule has 0 bridgehead atoms. The van der Waals surface area contributed by atoms with Crippen LogP contribution in [-0.2, 0) is 9.59 Å². The quantitative estimate of drug-likeness (QED) is 0.657. The Morgan fingerprint density at radius 3 is 2.43 bits per heavy atom. The van der Waals surface area contributed by atoms with Crippen LogP contribution >= 0.6 is 0 Å². The van der Waals surface area contributed by atoms with Crippen LogP contribution in [0.2, 0.25) is 0 Å². The van der Waals surface area contributed by atoms with E-state index in [2.05, 4.69) is 5.32 Å². The zero-order valence-electron chi connectivity index (χ0n) is 16.5. The van der Waals surface area contributed by atoms with Crippen LogP contribution in [0, 0.1) is 18.7 Å². The van der Waals surface area contributed by atoms with Crippen molar-refractivity contribution in [2.24, 2.45) is 5.92 Å². The number of ether oxygens (including phenoxy) is 1. The van der Waals surface area contributed by atoms with Gasteiger partial charge in [0.05, 0.1) is 5.92 Å². The monoisotopic (exact) mass is 404 g/mol. The number of carbonyl (C=O) groups is 2. The summed E-state index contributed by atoms with van der Waals surface area (Å²) in [7, 11) is 0. The number of hydrogen-bond acceptors (Lipinski definition) is 3. The van der Waals surface area contributed by atoms with Crippen molar-refractivity contribution in [2.45, 2.75) is 13.3 Å². The summed E-state index contributed by atoms with van der Waals surface area (Å²) in [6, 6.07) is 20.5. The minimum absolute atomic E-state index is 0.123. The SMILES string of the molecule is Cc1ccccc1Oc1ccc(NC(=O)[C@@H]2CC(=O)N(c3ccc(F)cc3)C2)cc1. The average Bonchev–Trinajstić information content (AvgIpc) is 3.13. The van der Waals surface area contributed by atoms with Crippen LogP contribution in [0.25, 0.3) is 0 Å². The number of anilines is 2. The lowest BCUT2D eigenvalue weighted by Gasteiger charge is -2.16. The second-order valence-corrected chi connectivity index (χ2v) is 7.26. The Labute approximate surface area is 174 Å². The summed E-state index contributed by atoms with van der Waals surface area (Å²) >= 11 is 0. The van der Waals surface area contributed by atoms with Crippen LogP contribution in [-0.4, -0.2) is 18.4 Å². The molecule has 30 heavy (non-hydrogen) atoms. The first-order chi connectivity index (χ1) is 14.5. The number of hydrogen-bond donors (Lipinski definition) is 1. The summed E-state index contributed by atoms with van der Waals surface area (Å²) in [5.74, 6) is 0.240. The Bertz CT molecular complexity index is 1060. The number of benzene rings is 3. The highest BCUT2D eigenvalue weighted by atomic mass is 19.1. The number of rotatable bonds is 5. The van der Waals surface area contributed by atoms with E-state index in [0.29, 0.717) is 17.1 Å². The molecule has 0 radical (unpaired) electrons. The number of halogens is 1. The van der Waals surface area contributed by atoms with E-state index in [1.165, 1.54) is 17.0 Å². The molecule has 3 aromatic carbocycles. The van der Waals surface area contributed by atoms with Gasteiger partial charge in [-0.05, 0) is 67.1 Å². The molecule has 1 saturated heterocycles. The molecule has 1 N–H and O–H groups in total. The molecule has 0 unspecified atom stereocenters. The van der Waals surface area contributed by atoms with Crippen LogP contribution in [0.5, 0.6) is 11.5 Å². The molecule has 1 atom stereocenters. The zero-order chi connectivity index (χ0) is 21.1. The number of nitrogens with zero attached hydrogens (tertiary/aromatic N) is 1. The maximum Gasteiger partial charge on any atom is 0.229 e. The summed E-state index contributed by atoms with van der Waals surface area (Å²) in [5, 5.41) is 2.85. The van der Waals surface area contributed by atoms with Gasteiger partial charge in [-0.25, -0.2) is 4.39 Å².